The molecule has 1 aromatic heterocycles. The van der Waals surface area contributed by atoms with Crippen LogP contribution in [0, 0.1) is 11.3 Å². The SMILES string of the molecule is N#Cc1cnc(NC2=NCC3N=C(c4ccc(N5CCNCC5)cc4)NC3=C2)cn1. The van der Waals surface area contributed by atoms with E-state index in [2.05, 4.69) is 60.1 Å². The third-order valence-electron chi connectivity index (χ3n) is 5.28. The summed E-state index contributed by atoms with van der Waals surface area (Å²) in [4.78, 5) is 19.9. The van der Waals surface area contributed by atoms with Crippen molar-refractivity contribution in [1.82, 2.24) is 20.6 Å². The van der Waals surface area contributed by atoms with Crippen LogP contribution in [0.1, 0.15) is 11.3 Å². The van der Waals surface area contributed by atoms with Crippen LogP contribution in [0.25, 0.3) is 0 Å². The molecular formula is C21H21N9. The highest BCUT2D eigenvalue weighted by atomic mass is 15.2. The molecule has 1 unspecified atom stereocenters. The van der Waals surface area contributed by atoms with Gasteiger partial charge in [0, 0.05) is 49.2 Å². The van der Waals surface area contributed by atoms with Crippen molar-refractivity contribution in [2.45, 2.75) is 6.04 Å². The first kappa shape index (κ1) is 18.3. The van der Waals surface area contributed by atoms with E-state index in [4.69, 9.17) is 10.3 Å². The molecule has 1 atom stereocenters. The van der Waals surface area contributed by atoms with Crippen LogP contribution in [0.3, 0.4) is 0 Å². The first-order valence-corrected chi connectivity index (χ1v) is 9.95. The van der Waals surface area contributed by atoms with Crippen LogP contribution in [0.2, 0.25) is 0 Å². The molecule has 9 nitrogen and oxygen atoms in total. The highest BCUT2D eigenvalue weighted by molar-refractivity contribution is 6.07. The fraction of sp³-hybridized carbons (Fsp3) is 0.286. The third kappa shape index (κ3) is 3.73. The first-order chi connectivity index (χ1) is 14.8. The molecule has 0 saturated carbocycles. The highest BCUT2D eigenvalue weighted by Crippen LogP contribution is 2.21. The Balaban J connectivity index is 1.25. The molecule has 1 saturated heterocycles. The maximum Gasteiger partial charge on any atom is 0.158 e. The summed E-state index contributed by atoms with van der Waals surface area (Å²) in [5.74, 6) is 2.11. The standard InChI is InChI=1S/C21H21N9/c22-10-15-11-25-20(13-24-15)29-19-9-17-18(12-26-19)28-21(27-17)14-1-3-16(4-2-14)30-7-5-23-6-8-30/h1-4,9,11,13,18,23H,5-8,12H2,(H,27,28)(H,25,26,29). The van der Waals surface area contributed by atoms with Crippen LogP contribution in [-0.2, 0) is 0 Å². The Labute approximate surface area is 174 Å². The monoisotopic (exact) mass is 399 g/mol. The summed E-state index contributed by atoms with van der Waals surface area (Å²) in [6, 6.07) is 10.5. The predicted octanol–water partition coefficient (Wildman–Crippen LogP) is 0.884. The van der Waals surface area contributed by atoms with E-state index in [1.807, 2.05) is 12.1 Å². The average Bonchev–Trinajstić information content (AvgIpc) is 3.24. The smallest absolute Gasteiger partial charge is 0.158 e. The Bertz CT molecular complexity index is 1060. The summed E-state index contributed by atoms with van der Waals surface area (Å²) in [7, 11) is 0. The van der Waals surface area contributed by atoms with E-state index in [0.717, 1.165) is 43.3 Å². The second-order valence-corrected chi connectivity index (χ2v) is 7.25. The molecule has 5 rings (SSSR count). The summed E-state index contributed by atoms with van der Waals surface area (Å²) in [6.45, 7) is 4.67. The minimum absolute atomic E-state index is 0.00504. The second-order valence-electron chi connectivity index (χ2n) is 7.25. The van der Waals surface area contributed by atoms with Gasteiger partial charge in [-0.1, -0.05) is 0 Å². The van der Waals surface area contributed by atoms with Gasteiger partial charge in [0.25, 0.3) is 0 Å². The molecule has 0 bridgehead atoms. The molecule has 3 N–H and O–H groups in total. The second kappa shape index (κ2) is 7.93. The zero-order valence-corrected chi connectivity index (χ0v) is 16.3. The van der Waals surface area contributed by atoms with Crippen LogP contribution in [0.4, 0.5) is 11.5 Å². The summed E-state index contributed by atoms with van der Waals surface area (Å²) in [5.41, 5.74) is 3.60. The average molecular weight is 399 g/mol. The Morgan fingerprint density at radius 1 is 1.10 bits per heavy atom. The molecule has 0 spiro atoms. The van der Waals surface area contributed by atoms with Gasteiger partial charge in [0.05, 0.1) is 18.9 Å². The van der Waals surface area contributed by atoms with E-state index < -0.39 is 0 Å². The number of nitriles is 1. The van der Waals surface area contributed by atoms with E-state index >= 15 is 0 Å². The van der Waals surface area contributed by atoms with Gasteiger partial charge in [-0.25, -0.2) is 9.97 Å². The van der Waals surface area contributed by atoms with Crippen molar-refractivity contribution in [3.8, 4) is 6.07 Å². The molecule has 9 heteroatoms. The normalized spacial score (nSPS) is 20.3. The number of amidine groups is 2. The molecule has 4 heterocycles. The number of hydrogen-bond acceptors (Lipinski definition) is 9. The van der Waals surface area contributed by atoms with Crippen molar-refractivity contribution < 1.29 is 0 Å². The van der Waals surface area contributed by atoms with Crippen molar-refractivity contribution in [3.05, 3.63) is 59.7 Å². The number of nitrogens with zero attached hydrogens (tertiary/aromatic N) is 6. The lowest BCUT2D eigenvalue weighted by atomic mass is 10.1. The molecule has 3 aliphatic heterocycles. The number of nitrogens with one attached hydrogen (secondary N) is 3. The summed E-state index contributed by atoms with van der Waals surface area (Å²) in [6.07, 6.45) is 4.90. The van der Waals surface area contributed by atoms with E-state index in [-0.39, 0.29) is 11.7 Å². The largest absolute Gasteiger partial charge is 0.369 e. The molecule has 150 valence electrons. The molecule has 0 aliphatic carbocycles. The lowest BCUT2D eigenvalue weighted by molar-refractivity contribution is 0.589. The zero-order chi connectivity index (χ0) is 20.3. The summed E-state index contributed by atoms with van der Waals surface area (Å²) in [5, 5.41) is 18.8. The quantitative estimate of drug-likeness (QED) is 0.702. The molecule has 1 fully saturated rings. The van der Waals surface area contributed by atoms with Gasteiger partial charge < -0.3 is 20.9 Å². The fourth-order valence-electron chi connectivity index (χ4n) is 3.68. The number of hydrogen-bond donors (Lipinski definition) is 3. The lowest BCUT2D eigenvalue weighted by Gasteiger charge is -2.29. The predicted molar refractivity (Wildman–Crippen MR) is 116 cm³/mol. The topological polar surface area (TPSA) is 114 Å². The van der Waals surface area contributed by atoms with E-state index in [0.29, 0.717) is 18.2 Å². The fourth-order valence-corrected chi connectivity index (χ4v) is 3.68. The highest BCUT2D eigenvalue weighted by Gasteiger charge is 2.26. The van der Waals surface area contributed by atoms with E-state index in [1.54, 1.807) is 0 Å². The van der Waals surface area contributed by atoms with Crippen molar-refractivity contribution in [2.75, 3.05) is 42.9 Å². The first-order valence-electron chi connectivity index (χ1n) is 9.95. The van der Waals surface area contributed by atoms with Gasteiger partial charge in [-0.15, -0.1) is 0 Å². The van der Waals surface area contributed by atoms with Crippen molar-refractivity contribution in [3.63, 3.8) is 0 Å². The van der Waals surface area contributed by atoms with Gasteiger partial charge in [0.2, 0.25) is 0 Å². The Kier molecular flexibility index (Phi) is 4.83. The van der Waals surface area contributed by atoms with Crippen LogP contribution < -0.4 is 20.9 Å². The maximum atomic E-state index is 8.82. The number of anilines is 2. The number of aliphatic imine (C=N–C) groups is 2. The molecular weight excluding hydrogens is 378 g/mol. The molecule has 1 aromatic carbocycles. The molecule has 0 radical (unpaired) electrons. The molecule has 30 heavy (non-hydrogen) atoms. The number of fused-ring (bicyclic) bond motifs is 1. The Hall–Kier alpha value is -3.77. The molecule has 3 aliphatic rings. The van der Waals surface area contributed by atoms with Gasteiger partial charge in [0.15, 0.2) is 5.69 Å². The van der Waals surface area contributed by atoms with Crippen molar-refractivity contribution >= 4 is 23.2 Å². The summed E-state index contributed by atoms with van der Waals surface area (Å²) >= 11 is 0. The number of piperazine rings is 1. The number of dihydropyridines is 1. The molecule has 0 amide bonds. The Morgan fingerprint density at radius 2 is 1.93 bits per heavy atom. The van der Waals surface area contributed by atoms with Gasteiger partial charge in [-0.05, 0) is 24.3 Å². The van der Waals surface area contributed by atoms with Crippen LogP contribution >= 0.6 is 0 Å². The number of aromatic nitrogens is 2. The zero-order valence-electron chi connectivity index (χ0n) is 16.3. The van der Waals surface area contributed by atoms with Gasteiger partial charge >= 0.3 is 0 Å². The third-order valence-corrected chi connectivity index (χ3v) is 5.28. The van der Waals surface area contributed by atoms with Crippen LogP contribution in [0.15, 0.2) is 58.4 Å². The van der Waals surface area contributed by atoms with Gasteiger partial charge in [-0.2, -0.15) is 5.26 Å². The van der Waals surface area contributed by atoms with Crippen LogP contribution in [0.5, 0.6) is 0 Å². The minimum Gasteiger partial charge on any atom is -0.369 e. The van der Waals surface area contributed by atoms with Gasteiger partial charge in [-0.3, -0.25) is 9.98 Å². The van der Waals surface area contributed by atoms with Crippen molar-refractivity contribution in [2.24, 2.45) is 9.98 Å². The maximum absolute atomic E-state index is 8.82. The Morgan fingerprint density at radius 3 is 2.67 bits per heavy atom. The van der Waals surface area contributed by atoms with Crippen LogP contribution in [-0.4, -0.2) is 60.4 Å². The number of rotatable bonds is 3. The minimum atomic E-state index is 0.00504. The van der Waals surface area contributed by atoms with Crippen molar-refractivity contribution in [1.29, 1.82) is 5.26 Å². The van der Waals surface area contributed by atoms with Gasteiger partial charge in [0.1, 0.15) is 29.6 Å². The van der Waals surface area contributed by atoms with E-state index in [1.165, 1.54) is 18.1 Å². The molecule has 2 aromatic rings. The summed E-state index contributed by atoms with van der Waals surface area (Å²) < 4.78 is 0. The lowest BCUT2D eigenvalue weighted by Crippen LogP contribution is -2.43. The van der Waals surface area contributed by atoms with E-state index in [9.17, 15) is 0 Å². The number of benzene rings is 1.